The molecule has 0 spiro atoms. The van der Waals surface area contributed by atoms with Gasteiger partial charge in [0.15, 0.2) is 0 Å². The van der Waals surface area contributed by atoms with Crippen molar-refractivity contribution >= 4 is 0 Å². The van der Waals surface area contributed by atoms with Crippen molar-refractivity contribution in [2.24, 2.45) is 23.7 Å². The molecule has 0 bridgehead atoms. The topological polar surface area (TPSA) is 18.5 Å². The highest BCUT2D eigenvalue weighted by Gasteiger charge is 2.21. The molecular weight excluding hydrogens is 368 g/mol. The first-order valence-corrected chi connectivity index (χ1v) is 13.1. The maximum Gasteiger partial charge on any atom is 0.119 e. The van der Waals surface area contributed by atoms with Gasteiger partial charge in [-0.2, -0.15) is 0 Å². The van der Waals surface area contributed by atoms with Crippen molar-refractivity contribution in [2.75, 3.05) is 13.2 Å². The molecule has 0 heterocycles. The molecule has 2 aliphatic rings. The van der Waals surface area contributed by atoms with Crippen LogP contribution in [0.25, 0.3) is 0 Å². The molecule has 2 heteroatoms. The van der Waals surface area contributed by atoms with Crippen molar-refractivity contribution in [3.8, 4) is 11.5 Å². The maximum absolute atomic E-state index is 6.07. The summed E-state index contributed by atoms with van der Waals surface area (Å²) in [5.74, 6) is 5.63. The minimum absolute atomic E-state index is 0.742. The first kappa shape index (κ1) is 23.5. The molecule has 0 saturated heterocycles. The van der Waals surface area contributed by atoms with E-state index < -0.39 is 0 Å². The third-order valence-electron chi connectivity index (χ3n) is 7.66. The van der Waals surface area contributed by atoms with Gasteiger partial charge in [0, 0.05) is 0 Å². The summed E-state index contributed by atoms with van der Waals surface area (Å²) in [5, 5.41) is 0. The maximum atomic E-state index is 6.07. The number of benzene rings is 1. The van der Waals surface area contributed by atoms with Crippen molar-refractivity contribution in [3.05, 3.63) is 24.3 Å². The smallest absolute Gasteiger partial charge is 0.119 e. The standard InChI is InChI=1S/C28H46O2/c1-3-6-23-9-11-25(12-10-23)8-5-21-29-27-17-19-28(20-18-27)30-22-26-15-13-24(7-4-2)14-16-26/h17-20,23-26H,3-16,21-22H2,1-2H3/t23-,24-,25-,26-. The largest absolute Gasteiger partial charge is 0.494 e. The van der Waals surface area contributed by atoms with E-state index in [1.807, 2.05) is 0 Å². The van der Waals surface area contributed by atoms with Gasteiger partial charge in [-0.3, -0.25) is 0 Å². The predicted molar refractivity (Wildman–Crippen MR) is 127 cm³/mol. The van der Waals surface area contributed by atoms with E-state index in [0.717, 1.165) is 48.4 Å². The van der Waals surface area contributed by atoms with Crippen LogP contribution in [0.5, 0.6) is 11.5 Å². The Kier molecular flexibility index (Phi) is 10.4. The van der Waals surface area contributed by atoms with Crippen molar-refractivity contribution in [3.63, 3.8) is 0 Å². The van der Waals surface area contributed by atoms with Crippen LogP contribution in [0.3, 0.4) is 0 Å². The van der Waals surface area contributed by atoms with Crippen LogP contribution >= 0.6 is 0 Å². The van der Waals surface area contributed by atoms with Crippen molar-refractivity contribution in [1.82, 2.24) is 0 Å². The van der Waals surface area contributed by atoms with Crippen molar-refractivity contribution in [2.45, 2.75) is 104 Å². The molecule has 0 atom stereocenters. The number of ether oxygens (including phenoxy) is 2. The zero-order valence-corrected chi connectivity index (χ0v) is 19.7. The Morgan fingerprint density at radius 1 is 0.600 bits per heavy atom. The lowest BCUT2D eigenvalue weighted by molar-refractivity contribution is 0.178. The highest BCUT2D eigenvalue weighted by molar-refractivity contribution is 5.31. The zero-order valence-electron chi connectivity index (χ0n) is 19.7. The van der Waals surface area contributed by atoms with E-state index in [0.29, 0.717) is 0 Å². The van der Waals surface area contributed by atoms with Gasteiger partial charge >= 0.3 is 0 Å². The monoisotopic (exact) mass is 414 g/mol. The molecule has 0 N–H and O–H groups in total. The summed E-state index contributed by atoms with van der Waals surface area (Å²) in [7, 11) is 0. The molecule has 0 radical (unpaired) electrons. The van der Waals surface area contributed by atoms with Gasteiger partial charge in [-0.05, 0) is 73.6 Å². The predicted octanol–water partition coefficient (Wildman–Crippen LogP) is 8.44. The molecule has 3 rings (SSSR count). The van der Waals surface area contributed by atoms with Gasteiger partial charge in [0.05, 0.1) is 13.2 Å². The number of hydrogen-bond acceptors (Lipinski definition) is 2. The van der Waals surface area contributed by atoms with Crippen LogP contribution in [0.15, 0.2) is 24.3 Å². The molecule has 2 nitrogen and oxygen atoms in total. The SMILES string of the molecule is CCC[C@H]1CC[C@H](CCCOc2ccc(OC[C@H]3CC[C@H](CCC)CC3)cc2)CC1. The average Bonchev–Trinajstić information content (AvgIpc) is 2.78. The van der Waals surface area contributed by atoms with Crippen LogP contribution < -0.4 is 9.47 Å². The summed E-state index contributed by atoms with van der Waals surface area (Å²) in [5.41, 5.74) is 0. The van der Waals surface area contributed by atoms with Crippen LogP contribution in [0.2, 0.25) is 0 Å². The Morgan fingerprint density at radius 3 is 1.53 bits per heavy atom. The fourth-order valence-corrected chi connectivity index (χ4v) is 5.72. The molecule has 2 saturated carbocycles. The minimum atomic E-state index is 0.742. The third-order valence-corrected chi connectivity index (χ3v) is 7.66. The van der Waals surface area contributed by atoms with E-state index in [1.54, 1.807) is 0 Å². The lowest BCUT2D eigenvalue weighted by atomic mass is 9.78. The molecule has 30 heavy (non-hydrogen) atoms. The summed E-state index contributed by atoms with van der Waals surface area (Å²) in [6.07, 6.45) is 19.3. The van der Waals surface area contributed by atoms with Crippen LogP contribution in [-0.4, -0.2) is 13.2 Å². The van der Waals surface area contributed by atoms with E-state index in [4.69, 9.17) is 9.47 Å². The Morgan fingerprint density at radius 2 is 1.03 bits per heavy atom. The van der Waals surface area contributed by atoms with Crippen LogP contribution in [0, 0.1) is 23.7 Å². The van der Waals surface area contributed by atoms with Gasteiger partial charge in [0.2, 0.25) is 0 Å². The summed E-state index contributed by atoms with van der Waals surface area (Å²) in [4.78, 5) is 0. The van der Waals surface area contributed by atoms with E-state index in [2.05, 4.69) is 38.1 Å². The van der Waals surface area contributed by atoms with Gasteiger partial charge < -0.3 is 9.47 Å². The first-order chi connectivity index (χ1) is 14.8. The van der Waals surface area contributed by atoms with Gasteiger partial charge in [0.25, 0.3) is 0 Å². The van der Waals surface area contributed by atoms with Gasteiger partial charge in [-0.15, -0.1) is 0 Å². The lowest BCUT2D eigenvalue weighted by Gasteiger charge is -2.28. The first-order valence-electron chi connectivity index (χ1n) is 13.1. The normalized spacial score (nSPS) is 27.0. The highest BCUT2D eigenvalue weighted by atomic mass is 16.5. The second kappa shape index (κ2) is 13.3. The third kappa shape index (κ3) is 8.16. The fraction of sp³-hybridized carbons (Fsp3) is 0.786. The Labute approximate surface area is 186 Å². The Hall–Kier alpha value is -1.18. The number of rotatable bonds is 12. The highest BCUT2D eigenvalue weighted by Crippen LogP contribution is 2.34. The zero-order chi connectivity index (χ0) is 21.0. The molecule has 170 valence electrons. The Balaban J connectivity index is 1.25. The summed E-state index contributed by atoms with van der Waals surface area (Å²) in [6, 6.07) is 8.30. The van der Waals surface area contributed by atoms with Gasteiger partial charge in [-0.25, -0.2) is 0 Å². The van der Waals surface area contributed by atoms with Gasteiger partial charge in [-0.1, -0.05) is 78.1 Å². The minimum Gasteiger partial charge on any atom is -0.494 e. The van der Waals surface area contributed by atoms with Crippen LogP contribution in [0.1, 0.15) is 104 Å². The number of hydrogen-bond donors (Lipinski definition) is 0. The van der Waals surface area contributed by atoms with Crippen molar-refractivity contribution < 1.29 is 9.47 Å². The quantitative estimate of drug-likeness (QED) is 0.319. The molecule has 0 aliphatic heterocycles. The molecular formula is C28H46O2. The fourth-order valence-electron chi connectivity index (χ4n) is 5.72. The lowest BCUT2D eigenvalue weighted by Crippen LogP contribution is -2.20. The summed E-state index contributed by atoms with van der Waals surface area (Å²) in [6.45, 7) is 6.35. The molecule has 1 aromatic carbocycles. The summed E-state index contributed by atoms with van der Waals surface area (Å²) < 4.78 is 12.1. The molecule has 0 amide bonds. The van der Waals surface area contributed by atoms with E-state index in [1.165, 1.54) is 89.9 Å². The molecule has 0 unspecified atom stereocenters. The van der Waals surface area contributed by atoms with Crippen LogP contribution in [0.4, 0.5) is 0 Å². The molecule has 1 aromatic rings. The van der Waals surface area contributed by atoms with Gasteiger partial charge in [0.1, 0.15) is 11.5 Å². The second-order valence-corrected chi connectivity index (χ2v) is 10.1. The van der Waals surface area contributed by atoms with Crippen molar-refractivity contribution in [1.29, 1.82) is 0 Å². The Bertz CT molecular complexity index is 551. The van der Waals surface area contributed by atoms with E-state index in [-0.39, 0.29) is 0 Å². The average molecular weight is 415 g/mol. The molecule has 2 aliphatic carbocycles. The van der Waals surface area contributed by atoms with E-state index in [9.17, 15) is 0 Å². The molecule has 2 fully saturated rings. The van der Waals surface area contributed by atoms with Crippen LogP contribution in [-0.2, 0) is 0 Å². The van der Waals surface area contributed by atoms with E-state index >= 15 is 0 Å². The second-order valence-electron chi connectivity index (χ2n) is 10.1. The summed E-state index contributed by atoms with van der Waals surface area (Å²) >= 11 is 0. The molecule has 0 aromatic heterocycles.